The molecule has 0 heterocycles. The second-order valence-electron chi connectivity index (χ2n) is 3.61. The Morgan fingerprint density at radius 3 is 2.73 bits per heavy atom. The SMILES string of the molecule is Cc1ccc(SCCCC(=O)O)c(C)c1. The van der Waals surface area contributed by atoms with Crippen LogP contribution in [0.25, 0.3) is 0 Å². The van der Waals surface area contributed by atoms with E-state index in [0.717, 1.165) is 12.2 Å². The lowest BCUT2D eigenvalue weighted by Crippen LogP contribution is -1.95. The molecule has 1 N–H and O–H groups in total. The molecule has 0 fully saturated rings. The van der Waals surface area contributed by atoms with E-state index < -0.39 is 5.97 Å². The topological polar surface area (TPSA) is 37.3 Å². The van der Waals surface area contributed by atoms with E-state index in [4.69, 9.17) is 5.11 Å². The molecule has 0 aliphatic rings. The van der Waals surface area contributed by atoms with Gasteiger partial charge in [-0.15, -0.1) is 11.8 Å². The highest BCUT2D eigenvalue weighted by atomic mass is 32.2. The van der Waals surface area contributed by atoms with Crippen molar-refractivity contribution in [3.63, 3.8) is 0 Å². The molecular formula is C12H16O2S. The van der Waals surface area contributed by atoms with Crippen molar-refractivity contribution in [3.8, 4) is 0 Å². The first kappa shape index (κ1) is 12.1. The van der Waals surface area contributed by atoms with E-state index in [2.05, 4.69) is 32.0 Å². The number of thioether (sulfide) groups is 1. The molecule has 1 rings (SSSR count). The van der Waals surface area contributed by atoms with Crippen molar-refractivity contribution in [2.24, 2.45) is 0 Å². The Labute approximate surface area is 94.7 Å². The molecule has 0 atom stereocenters. The normalized spacial score (nSPS) is 10.3. The van der Waals surface area contributed by atoms with Crippen molar-refractivity contribution < 1.29 is 9.90 Å². The fraction of sp³-hybridized carbons (Fsp3) is 0.417. The summed E-state index contributed by atoms with van der Waals surface area (Å²) in [5.41, 5.74) is 2.54. The maximum atomic E-state index is 10.3. The molecule has 0 aromatic heterocycles. The molecule has 1 aromatic carbocycles. The second-order valence-corrected chi connectivity index (χ2v) is 4.75. The van der Waals surface area contributed by atoms with Gasteiger partial charge < -0.3 is 5.11 Å². The smallest absolute Gasteiger partial charge is 0.303 e. The number of aliphatic carboxylic acids is 1. The number of hydrogen-bond donors (Lipinski definition) is 1. The van der Waals surface area contributed by atoms with Crippen LogP contribution in [0.3, 0.4) is 0 Å². The maximum Gasteiger partial charge on any atom is 0.303 e. The zero-order valence-corrected chi connectivity index (χ0v) is 9.93. The zero-order chi connectivity index (χ0) is 11.3. The summed E-state index contributed by atoms with van der Waals surface area (Å²) < 4.78 is 0. The average molecular weight is 224 g/mol. The van der Waals surface area contributed by atoms with Gasteiger partial charge in [-0.3, -0.25) is 4.79 Å². The molecule has 2 nitrogen and oxygen atoms in total. The number of aryl methyl sites for hydroxylation is 2. The van der Waals surface area contributed by atoms with Crippen molar-refractivity contribution >= 4 is 17.7 Å². The van der Waals surface area contributed by atoms with Gasteiger partial charge >= 0.3 is 5.97 Å². The third kappa shape index (κ3) is 4.38. The third-order valence-corrected chi connectivity index (χ3v) is 3.38. The van der Waals surface area contributed by atoms with Gasteiger partial charge in [0, 0.05) is 11.3 Å². The number of hydrogen-bond acceptors (Lipinski definition) is 2. The summed E-state index contributed by atoms with van der Waals surface area (Å²) in [6.07, 6.45) is 0.991. The van der Waals surface area contributed by atoms with Crippen molar-refractivity contribution in [3.05, 3.63) is 29.3 Å². The number of carbonyl (C=O) groups is 1. The minimum Gasteiger partial charge on any atom is -0.481 e. The Morgan fingerprint density at radius 2 is 2.13 bits per heavy atom. The minimum atomic E-state index is -0.712. The lowest BCUT2D eigenvalue weighted by atomic mass is 10.2. The van der Waals surface area contributed by atoms with Crippen LogP contribution in [0.15, 0.2) is 23.1 Å². The van der Waals surface area contributed by atoms with E-state index in [1.807, 2.05) is 0 Å². The molecule has 3 heteroatoms. The molecule has 82 valence electrons. The zero-order valence-electron chi connectivity index (χ0n) is 9.12. The van der Waals surface area contributed by atoms with Crippen LogP contribution in [0.2, 0.25) is 0 Å². The number of rotatable bonds is 5. The second kappa shape index (κ2) is 5.81. The third-order valence-electron chi connectivity index (χ3n) is 2.12. The average Bonchev–Trinajstić information content (AvgIpc) is 2.14. The van der Waals surface area contributed by atoms with Crippen LogP contribution in [-0.4, -0.2) is 16.8 Å². The summed E-state index contributed by atoms with van der Waals surface area (Å²) in [6, 6.07) is 6.35. The van der Waals surface area contributed by atoms with Gasteiger partial charge in [-0.25, -0.2) is 0 Å². The molecule has 0 saturated heterocycles. The summed E-state index contributed by atoms with van der Waals surface area (Å²) in [4.78, 5) is 11.6. The molecule has 1 aromatic rings. The Kier molecular flexibility index (Phi) is 4.69. The highest BCUT2D eigenvalue weighted by Crippen LogP contribution is 2.23. The molecule has 0 aliphatic heterocycles. The lowest BCUT2D eigenvalue weighted by molar-refractivity contribution is -0.137. The van der Waals surface area contributed by atoms with E-state index in [1.54, 1.807) is 11.8 Å². The summed E-state index contributed by atoms with van der Waals surface area (Å²) in [7, 11) is 0. The fourth-order valence-corrected chi connectivity index (χ4v) is 2.33. The quantitative estimate of drug-likeness (QED) is 0.616. The monoisotopic (exact) mass is 224 g/mol. The molecular weight excluding hydrogens is 208 g/mol. The van der Waals surface area contributed by atoms with Crippen molar-refractivity contribution in [1.82, 2.24) is 0 Å². The van der Waals surface area contributed by atoms with Crippen LogP contribution in [-0.2, 0) is 4.79 Å². The predicted octanol–water partition coefficient (Wildman–Crippen LogP) is 3.26. The maximum absolute atomic E-state index is 10.3. The summed E-state index contributed by atoms with van der Waals surface area (Å²) in [5, 5.41) is 8.49. The van der Waals surface area contributed by atoms with Crippen LogP contribution in [0.5, 0.6) is 0 Å². The Balaban J connectivity index is 2.40. The van der Waals surface area contributed by atoms with E-state index in [9.17, 15) is 4.79 Å². The molecule has 0 bridgehead atoms. The van der Waals surface area contributed by atoms with Gasteiger partial charge in [-0.05, 0) is 37.7 Å². The highest BCUT2D eigenvalue weighted by Gasteiger charge is 2.01. The van der Waals surface area contributed by atoms with Gasteiger partial charge in [-0.1, -0.05) is 17.7 Å². The lowest BCUT2D eigenvalue weighted by Gasteiger charge is -2.05. The van der Waals surface area contributed by atoms with Gasteiger partial charge in [0.15, 0.2) is 0 Å². The Bertz CT molecular complexity index is 347. The number of benzene rings is 1. The van der Waals surface area contributed by atoms with Gasteiger partial charge in [0.25, 0.3) is 0 Å². The van der Waals surface area contributed by atoms with Crippen LogP contribution in [0.4, 0.5) is 0 Å². The van der Waals surface area contributed by atoms with Crippen molar-refractivity contribution in [2.75, 3.05) is 5.75 Å². The molecule has 0 amide bonds. The van der Waals surface area contributed by atoms with E-state index in [1.165, 1.54) is 16.0 Å². The number of carboxylic acids is 1. The molecule has 0 saturated carbocycles. The molecule has 0 radical (unpaired) electrons. The van der Waals surface area contributed by atoms with Gasteiger partial charge in [0.05, 0.1) is 0 Å². The Hall–Kier alpha value is -0.960. The minimum absolute atomic E-state index is 0.262. The molecule has 0 spiro atoms. The summed E-state index contributed by atoms with van der Waals surface area (Å²) in [6.45, 7) is 4.17. The summed E-state index contributed by atoms with van der Waals surface area (Å²) in [5.74, 6) is 0.159. The van der Waals surface area contributed by atoms with Crippen LogP contribution < -0.4 is 0 Å². The van der Waals surface area contributed by atoms with Gasteiger partial charge in [0.2, 0.25) is 0 Å². The first-order chi connectivity index (χ1) is 7.09. The standard InChI is InChI=1S/C12H16O2S/c1-9-5-6-11(10(2)8-9)15-7-3-4-12(13)14/h5-6,8H,3-4,7H2,1-2H3,(H,13,14). The fourth-order valence-electron chi connectivity index (χ4n) is 1.37. The summed E-state index contributed by atoms with van der Waals surface area (Å²) >= 11 is 1.73. The highest BCUT2D eigenvalue weighted by molar-refractivity contribution is 7.99. The van der Waals surface area contributed by atoms with E-state index in [0.29, 0.717) is 0 Å². The van der Waals surface area contributed by atoms with Crippen molar-refractivity contribution in [1.29, 1.82) is 0 Å². The molecule has 0 unspecified atom stereocenters. The van der Waals surface area contributed by atoms with Crippen LogP contribution >= 0.6 is 11.8 Å². The van der Waals surface area contributed by atoms with E-state index in [-0.39, 0.29) is 6.42 Å². The molecule has 0 aliphatic carbocycles. The van der Waals surface area contributed by atoms with E-state index >= 15 is 0 Å². The first-order valence-electron chi connectivity index (χ1n) is 5.01. The van der Waals surface area contributed by atoms with Crippen LogP contribution in [0.1, 0.15) is 24.0 Å². The predicted molar refractivity (Wildman–Crippen MR) is 63.5 cm³/mol. The number of carboxylic acid groups (broad SMARTS) is 1. The largest absolute Gasteiger partial charge is 0.481 e. The van der Waals surface area contributed by atoms with Gasteiger partial charge in [0.1, 0.15) is 0 Å². The van der Waals surface area contributed by atoms with Gasteiger partial charge in [-0.2, -0.15) is 0 Å². The Morgan fingerprint density at radius 1 is 1.40 bits per heavy atom. The molecule has 15 heavy (non-hydrogen) atoms. The van der Waals surface area contributed by atoms with Crippen molar-refractivity contribution in [2.45, 2.75) is 31.6 Å². The van der Waals surface area contributed by atoms with Crippen LogP contribution in [0, 0.1) is 13.8 Å². The first-order valence-corrected chi connectivity index (χ1v) is 6.00.